The van der Waals surface area contributed by atoms with Crippen molar-refractivity contribution in [1.29, 1.82) is 0 Å². The van der Waals surface area contributed by atoms with Crippen molar-refractivity contribution in [2.45, 2.75) is 32.7 Å². The van der Waals surface area contributed by atoms with Crippen LogP contribution in [0, 0.1) is 6.92 Å². The minimum Gasteiger partial charge on any atom is -0.334 e. The minimum absolute atomic E-state index is 0.153. The SMILES string of the molecule is CCCN(C(=O)c1cc2c(C)nn(-c3ccccc3)c2s1)C1CCNC1. The minimum atomic E-state index is 0.153. The summed E-state index contributed by atoms with van der Waals surface area (Å²) < 4.78 is 1.95. The Morgan fingerprint density at radius 2 is 2.19 bits per heavy atom. The first-order valence-electron chi connectivity index (χ1n) is 9.25. The maximum absolute atomic E-state index is 13.2. The van der Waals surface area contributed by atoms with Crippen LogP contribution in [-0.4, -0.2) is 46.3 Å². The van der Waals surface area contributed by atoms with Crippen LogP contribution in [-0.2, 0) is 0 Å². The number of benzene rings is 1. The predicted octanol–water partition coefficient (Wildman–Crippen LogP) is 3.61. The lowest BCUT2D eigenvalue weighted by Crippen LogP contribution is -2.41. The first-order valence-corrected chi connectivity index (χ1v) is 10.1. The molecule has 136 valence electrons. The van der Waals surface area contributed by atoms with Gasteiger partial charge in [-0.05, 0) is 44.5 Å². The quantitative estimate of drug-likeness (QED) is 0.748. The molecule has 26 heavy (non-hydrogen) atoms. The molecular weight excluding hydrogens is 344 g/mol. The number of amides is 1. The number of hydrogen-bond donors (Lipinski definition) is 1. The largest absolute Gasteiger partial charge is 0.334 e. The fraction of sp³-hybridized carbons (Fsp3) is 0.400. The standard InChI is InChI=1S/C20H24N4OS/c1-3-11-23(16-9-10-21-13-16)19(25)18-12-17-14(2)22-24(20(17)26-18)15-7-5-4-6-8-15/h4-8,12,16,21H,3,9-11,13H2,1-2H3. The molecule has 1 atom stereocenters. The van der Waals surface area contributed by atoms with E-state index in [0.29, 0.717) is 6.04 Å². The number of aryl methyl sites for hydroxylation is 1. The Hall–Kier alpha value is -2.18. The number of hydrogen-bond acceptors (Lipinski definition) is 4. The molecule has 0 aliphatic carbocycles. The molecule has 0 saturated carbocycles. The van der Waals surface area contributed by atoms with Crippen molar-refractivity contribution < 1.29 is 4.79 Å². The van der Waals surface area contributed by atoms with E-state index in [1.165, 1.54) is 0 Å². The third-order valence-electron chi connectivity index (χ3n) is 4.96. The zero-order chi connectivity index (χ0) is 18.1. The Bertz CT molecular complexity index is 909. The number of aromatic nitrogens is 2. The number of fused-ring (bicyclic) bond motifs is 1. The number of carbonyl (C=O) groups is 1. The normalized spacial score (nSPS) is 17.1. The van der Waals surface area contributed by atoms with Crippen LogP contribution in [0.5, 0.6) is 0 Å². The van der Waals surface area contributed by atoms with E-state index < -0.39 is 0 Å². The molecule has 0 radical (unpaired) electrons. The molecule has 1 N–H and O–H groups in total. The van der Waals surface area contributed by atoms with Crippen molar-refractivity contribution in [1.82, 2.24) is 20.0 Å². The van der Waals surface area contributed by atoms with Crippen LogP contribution >= 0.6 is 11.3 Å². The summed E-state index contributed by atoms with van der Waals surface area (Å²) in [4.78, 5) is 17.1. The molecule has 1 aliphatic rings. The molecule has 0 spiro atoms. The lowest BCUT2D eigenvalue weighted by molar-refractivity contribution is 0.0697. The Labute approximate surface area is 157 Å². The summed E-state index contributed by atoms with van der Waals surface area (Å²) in [5.41, 5.74) is 1.99. The number of carbonyl (C=O) groups excluding carboxylic acids is 1. The highest BCUT2D eigenvalue weighted by molar-refractivity contribution is 7.20. The lowest BCUT2D eigenvalue weighted by Gasteiger charge is -2.27. The molecule has 1 aliphatic heterocycles. The lowest BCUT2D eigenvalue weighted by atomic mass is 10.2. The van der Waals surface area contributed by atoms with Crippen molar-refractivity contribution in [2.24, 2.45) is 0 Å². The summed E-state index contributed by atoms with van der Waals surface area (Å²) in [5.74, 6) is 0.153. The summed E-state index contributed by atoms with van der Waals surface area (Å²) in [6.45, 7) is 6.84. The number of para-hydroxylation sites is 1. The van der Waals surface area contributed by atoms with E-state index in [1.54, 1.807) is 11.3 Å². The molecule has 1 saturated heterocycles. The summed E-state index contributed by atoms with van der Waals surface area (Å²) in [6, 6.07) is 12.4. The van der Waals surface area contributed by atoms with Gasteiger partial charge in [0.25, 0.3) is 5.91 Å². The second-order valence-electron chi connectivity index (χ2n) is 6.81. The van der Waals surface area contributed by atoms with Gasteiger partial charge in [-0.25, -0.2) is 4.68 Å². The first kappa shape index (κ1) is 17.2. The van der Waals surface area contributed by atoms with Gasteiger partial charge >= 0.3 is 0 Å². The molecule has 1 unspecified atom stereocenters. The zero-order valence-corrected chi connectivity index (χ0v) is 16.1. The Morgan fingerprint density at radius 1 is 1.38 bits per heavy atom. The second-order valence-corrected chi connectivity index (χ2v) is 7.84. The summed E-state index contributed by atoms with van der Waals surface area (Å²) >= 11 is 1.55. The van der Waals surface area contributed by atoms with Crippen molar-refractivity contribution in [3.63, 3.8) is 0 Å². The van der Waals surface area contributed by atoms with Crippen molar-refractivity contribution in [3.8, 4) is 5.69 Å². The van der Waals surface area contributed by atoms with Gasteiger partial charge in [-0.1, -0.05) is 25.1 Å². The highest BCUT2D eigenvalue weighted by Gasteiger charge is 2.28. The van der Waals surface area contributed by atoms with Crippen LogP contribution in [0.15, 0.2) is 36.4 Å². The maximum atomic E-state index is 13.2. The van der Waals surface area contributed by atoms with E-state index in [0.717, 1.165) is 59.0 Å². The highest BCUT2D eigenvalue weighted by Crippen LogP contribution is 2.31. The second kappa shape index (κ2) is 7.21. The Morgan fingerprint density at radius 3 is 2.88 bits per heavy atom. The van der Waals surface area contributed by atoms with Crippen LogP contribution < -0.4 is 5.32 Å². The molecule has 3 aromatic rings. The molecule has 3 heterocycles. The van der Waals surface area contributed by atoms with Crippen LogP contribution in [0.4, 0.5) is 0 Å². The average molecular weight is 369 g/mol. The average Bonchev–Trinajstić information content (AvgIpc) is 3.38. The molecule has 1 amide bonds. The van der Waals surface area contributed by atoms with Gasteiger partial charge in [0, 0.05) is 24.5 Å². The summed E-state index contributed by atoms with van der Waals surface area (Å²) in [6.07, 6.45) is 2.01. The van der Waals surface area contributed by atoms with Gasteiger partial charge in [0.05, 0.1) is 16.3 Å². The number of nitrogens with zero attached hydrogens (tertiary/aromatic N) is 3. The van der Waals surface area contributed by atoms with Crippen molar-refractivity contribution >= 4 is 27.5 Å². The van der Waals surface area contributed by atoms with Crippen LogP contribution in [0.3, 0.4) is 0 Å². The predicted molar refractivity (Wildman–Crippen MR) is 106 cm³/mol. The Kier molecular flexibility index (Phi) is 4.78. The molecule has 4 rings (SSSR count). The van der Waals surface area contributed by atoms with Crippen LogP contribution in [0.1, 0.15) is 35.1 Å². The Balaban J connectivity index is 1.71. The number of thiophene rings is 1. The third-order valence-corrected chi connectivity index (χ3v) is 6.06. The van der Waals surface area contributed by atoms with Gasteiger partial charge in [-0.3, -0.25) is 4.79 Å². The van der Waals surface area contributed by atoms with Gasteiger partial charge in [-0.2, -0.15) is 5.10 Å². The highest BCUT2D eigenvalue weighted by atomic mass is 32.1. The smallest absolute Gasteiger partial charge is 0.264 e. The zero-order valence-electron chi connectivity index (χ0n) is 15.2. The van der Waals surface area contributed by atoms with Crippen LogP contribution in [0.2, 0.25) is 0 Å². The van der Waals surface area contributed by atoms with Crippen molar-refractivity contribution in [3.05, 3.63) is 47.0 Å². The van der Waals surface area contributed by atoms with Gasteiger partial charge in [0.1, 0.15) is 4.83 Å². The summed E-state index contributed by atoms with van der Waals surface area (Å²) in [7, 11) is 0. The summed E-state index contributed by atoms with van der Waals surface area (Å²) in [5, 5.41) is 9.12. The molecule has 2 aromatic heterocycles. The van der Waals surface area contributed by atoms with Gasteiger partial charge < -0.3 is 10.2 Å². The van der Waals surface area contributed by atoms with Gasteiger partial charge in [0.2, 0.25) is 0 Å². The fourth-order valence-electron chi connectivity index (χ4n) is 3.63. The van der Waals surface area contributed by atoms with Crippen molar-refractivity contribution in [2.75, 3.05) is 19.6 Å². The topological polar surface area (TPSA) is 50.2 Å². The molecule has 5 nitrogen and oxygen atoms in total. The van der Waals surface area contributed by atoms with E-state index in [9.17, 15) is 4.79 Å². The first-order chi connectivity index (χ1) is 12.7. The van der Waals surface area contributed by atoms with E-state index in [4.69, 9.17) is 0 Å². The molecular formula is C20H24N4OS. The third kappa shape index (κ3) is 3.04. The molecule has 0 bridgehead atoms. The molecule has 1 fully saturated rings. The number of rotatable bonds is 5. The monoisotopic (exact) mass is 368 g/mol. The van der Waals surface area contributed by atoms with E-state index in [2.05, 4.69) is 22.2 Å². The molecule has 6 heteroatoms. The number of nitrogens with one attached hydrogen (secondary N) is 1. The van der Waals surface area contributed by atoms with Gasteiger partial charge in [-0.15, -0.1) is 11.3 Å². The van der Waals surface area contributed by atoms with E-state index in [1.807, 2.05) is 48.0 Å². The van der Waals surface area contributed by atoms with Crippen LogP contribution in [0.25, 0.3) is 15.9 Å². The maximum Gasteiger partial charge on any atom is 0.264 e. The van der Waals surface area contributed by atoms with Gasteiger partial charge in [0.15, 0.2) is 0 Å². The fourth-order valence-corrected chi connectivity index (χ4v) is 4.77. The van der Waals surface area contributed by atoms with E-state index in [-0.39, 0.29) is 5.91 Å². The molecule has 1 aromatic carbocycles. The van der Waals surface area contributed by atoms with E-state index >= 15 is 0 Å².